The highest BCUT2D eigenvalue weighted by Crippen LogP contribution is 2.35. The molecule has 0 radical (unpaired) electrons. The average Bonchev–Trinajstić information content (AvgIpc) is 3.09. The summed E-state index contributed by atoms with van der Waals surface area (Å²) in [4.78, 5) is 35.3. The summed E-state index contributed by atoms with van der Waals surface area (Å²) in [6.45, 7) is 8.56. The van der Waals surface area contributed by atoms with Crippen molar-refractivity contribution in [1.82, 2.24) is 5.32 Å². The maximum Gasteiger partial charge on any atom is 0.340 e. The lowest BCUT2D eigenvalue weighted by Gasteiger charge is -2.16. The van der Waals surface area contributed by atoms with Crippen molar-refractivity contribution in [1.29, 1.82) is 0 Å². The van der Waals surface area contributed by atoms with Gasteiger partial charge in [0.05, 0.1) is 18.2 Å². The second kappa shape index (κ2) is 8.96. The molecule has 7 heteroatoms. The van der Waals surface area contributed by atoms with Crippen LogP contribution in [-0.2, 0) is 21.4 Å². The number of hydrogen-bond acceptors (Lipinski definition) is 6. The predicted octanol–water partition coefficient (Wildman–Crippen LogP) is 3.11. The summed E-state index contributed by atoms with van der Waals surface area (Å²) >= 11 is 0. The summed E-state index contributed by atoms with van der Waals surface area (Å²) in [6.07, 6.45) is 3.55. The fraction of sp³-hybridized carbons (Fsp3) is 0.458. The van der Waals surface area contributed by atoms with E-state index in [1.807, 2.05) is 13.0 Å². The molecule has 0 spiro atoms. The Morgan fingerprint density at radius 2 is 1.81 bits per heavy atom. The van der Waals surface area contributed by atoms with Gasteiger partial charge in [0.15, 0.2) is 0 Å². The van der Waals surface area contributed by atoms with Crippen molar-refractivity contribution in [3.63, 3.8) is 0 Å². The summed E-state index contributed by atoms with van der Waals surface area (Å²) in [5.41, 5.74) is 2.57. The summed E-state index contributed by atoms with van der Waals surface area (Å²) in [7, 11) is 0. The van der Waals surface area contributed by atoms with E-state index in [0.29, 0.717) is 42.5 Å². The number of carbonyl (C=O) groups is 2. The fourth-order valence-corrected chi connectivity index (χ4v) is 3.72. The van der Waals surface area contributed by atoms with Crippen LogP contribution in [0.25, 0.3) is 21.9 Å². The van der Waals surface area contributed by atoms with Crippen molar-refractivity contribution in [2.75, 3.05) is 6.54 Å². The second-order valence-corrected chi connectivity index (χ2v) is 8.95. The predicted molar refractivity (Wildman–Crippen MR) is 116 cm³/mol. The van der Waals surface area contributed by atoms with E-state index in [1.54, 1.807) is 12.3 Å². The molecule has 0 atom stereocenters. The molecule has 3 aromatic rings. The molecule has 7 nitrogen and oxygen atoms in total. The zero-order valence-corrected chi connectivity index (χ0v) is 18.4. The lowest BCUT2D eigenvalue weighted by atomic mass is 9.86. The molecule has 0 aliphatic rings. The van der Waals surface area contributed by atoms with Crippen LogP contribution in [0.1, 0.15) is 63.1 Å². The van der Waals surface area contributed by atoms with Crippen LogP contribution in [0, 0.1) is 6.92 Å². The zero-order chi connectivity index (χ0) is 22.8. The first-order chi connectivity index (χ1) is 14.6. The number of nitrogens with one attached hydrogen (secondary N) is 1. The van der Waals surface area contributed by atoms with Gasteiger partial charge in [-0.25, -0.2) is 4.79 Å². The van der Waals surface area contributed by atoms with E-state index in [9.17, 15) is 19.5 Å². The molecule has 31 heavy (non-hydrogen) atoms. The van der Waals surface area contributed by atoms with Crippen LogP contribution in [0.2, 0.25) is 0 Å². The van der Waals surface area contributed by atoms with Crippen molar-refractivity contribution in [3.8, 4) is 0 Å². The Balaban J connectivity index is 1.79. The van der Waals surface area contributed by atoms with Gasteiger partial charge < -0.3 is 24.1 Å². The van der Waals surface area contributed by atoms with Gasteiger partial charge >= 0.3 is 5.63 Å². The Morgan fingerprint density at radius 3 is 2.48 bits per heavy atom. The monoisotopic (exact) mass is 426 g/mol. The summed E-state index contributed by atoms with van der Waals surface area (Å²) in [5.74, 6) is -1.33. The quantitative estimate of drug-likeness (QED) is 0.437. The van der Waals surface area contributed by atoms with E-state index in [-0.39, 0.29) is 24.2 Å². The van der Waals surface area contributed by atoms with Gasteiger partial charge in [-0.3, -0.25) is 4.79 Å². The minimum absolute atomic E-state index is 0.0200. The molecule has 0 aliphatic heterocycles. The average molecular weight is 426 g/mol. The molecule has 0 saturated heterocycles. The van der Waals surface area contributed by atoms with Crippen molar-refractivity contribution < 1.29 is 23.5 Å². The molecule has 166 valence electrons. The van der Waals surface area contributed by atoms with Gasteiger partial charge in [0.1, 0.15) is 11.2 Å². The van der Waals surface area contributed by atoms with Crippen molar-refractivity contribution in [2.45, 2.75) is 65.2 Å². The smallest absolute Gasteiger partial charge is 0.340 e. The first kappa shape index (κ1) is 22.6. The van der Waals surface area contributed by atoms with Gasteiger partial charge in [0.25, 0.3) is 0 Å². The Hall–Kier alpha value is -3.09. The van der Waals surface area contributed by atoms with Gasteiger partial charge in [0.2, 0.25) is 5.91 Å². The molecule has 0 unspecified atom stereocenters. The molecule has 1 aromatic carbocycles. The highest BCUT2D eigenvalue weighted by Gasteiger charge is 2.22. The maximum atomic E-state index is 12.5. The first-order valence-corrected chi connectivity index (χ1v) is 10.5. The molecule has 3 rings (SSSR count). The molecular formula is C24H28NO6-. The van der Waals surface area contributed by atoms with Crippen molar-refractivity contribution in [2.24, 2.45) is 0 Å². The van der Waals surface area contributed by atoms with Gasteiger partial charge in [-0.2, -0.15) is 0 Å². The topological polar surface area (TPSA) is 113 Å². The number of carbonyl (C=O) groups excluding carboxylic acids is 2. The normalized spacial score (nSPS) is 11.9. The Morgan fingerprint density at radius 1 is 1.06 bits per heavy atom. The minimum atomic E-state index is -1.06. The van der Waals surface area contributed by atoms with Gasteiger partial charge in [-0.1, -0.05) is 27.2 Å². The van der Waals surface area contributed by atoms with Gasteiger partial charge in [-0.05, 0) is 43.2 Å². The number of benzene rings is 1. The van der Waals surface area contributed by atoms with Gasteiger partial charge in [-0.15, -0.1) is 0 Å². The second-order valence-electron chi connectivity index (χ2n) is 8.95. The van der Waals surface area contributed by atoms with Crippen LogP contribution in [0.3, 0.4) is 0 Å². The summed E-state index contributed by atoms with van der Waals surface area (Å²) in [6, 6.07) is 3.69. The van der Waals surface area contributed by atoms with Crippen LogP contribution in [0.5, 0.6) is 0 Å². The molecular weight excluding hydrogens is 398 g/mol. The molecule has 0 fully saturated rings. The number of furan rings is 1. The van der Waals surface area contributed by atoms with Crippen LogP contribution in [0.15, 0.2) is 32.0 Å². The molecule has 0 aliphatic carbocycles. The number of carboxylic acids is 1. The largest absolute Gasteiger partial charge is 0.550 e. The van der Waals surface area contributed by atoms with E-state index < -0.39 is 11.6 Å². The van der Waals surface area contributed by atoms with Crippen LogP contribution >= 0.6 is 0 Å². The standard InChI is InChI=1S/C24H29NO6/c1-14-15-10-17-18(24(2,3)4)13-30-19(17)12-20(15)31-23(29)16(14)11-21(26)25-9-7-5-6-8-22(27)28/h10,12-13H,5-9,11H2,1-4H3,(H,25,26)(H,27,28)/p-1. The number of amides is 1. The van der Waals surface area contributed by atoms with E-state index in [1.165, 1.54) is 0 Å². The number of unbranched alkanes of at least 4 members (excludes halogenated alkanes) is 2. The van der Waals surface area contributed by atoms with E-state index in [2.05, 4.69) is 26.1 Å². The van der Waals surface area contributed by atoms with E-state index in [4.69, 9.17) is 8.83 Å². The van der Waals surface area contributed by atoms with E-state index >= 15 is 0 Å². The number of hydrogen-bond donors (Lipinski definition) is 1. The molecule has 1 amide bonds. The highest BCUT2D eigenvalue weighted by molar-refractivity contribution is 5.97. The third-order valence-corrected chi connectivity index (χ3v) is 5.51. The van der Waals surface area contributed by atoms with Gasteiger partial charge in [0, 0.05) is 34.9 Å². The maximum absolute atomic E-state index is 12.5. The first-order valence-electron chi connectivity index (χ1n) is 10.5. The lowest BCUT2D eigenvalue weighted by molar-refractivity contribution is -0.305. The third kappa shape index (κ3) is 5.16. The third-order valence-electron chi connectivity index (χ3n) is 5.51. The fourth-order valence-electron chi connectivity index (χ4n) is 3.72. The molecule has 1 N–H and O–H groups in total. The van der Waals surface area contributed by atoms with Crippen LogP contribution < -0.4 is 16.0 Å². The minimum Gasteiger partial charge on any atom is -0.550 e. The number of aliphatic carboxylic acids is 1. The zero-order valence-electron chi connectivity index (χ0n) is 18.4. The van der Waals surface area contributed by atoms with Crippen LogP contribution in [0.4, 0.5) is 0 Å². The SMILES string of the molecule is Cc1c(CC(=O)NCCCCCC(=O)[O-])c(=O)oc2cc3occ(C(C)(C)C)c3cc12. The lowest BCUT2D eigenvalue weighted by Crippen LogP contribution is -2.28. The summed E-state index contributed by atoms with van der Waals surface area (Å²) < 4.78 is 11.2. The Kier molecular flexibility index (Phi) is 6.53. The highest BCUT2D eigenvalue weighted by atomic mass is 16.4. The van der Waals surface area contributed by atoms with Crippen LogP contribution in [-0.4, -0.2) is 18.4 Å². The van der Waals surface area contributed by atoms with Crippen molar-refractivity contribution in [3.05, 3.63) is 45.5 Å². The summed E-state index contributed by atoms with van der Waals surface area (Å²) in [5, 5.41) is 14.9. The number of rotatable bonds is 8. The molecule has 2 heterocycles. The number of aryl methyl sites for hydroxylation is 1. The number of carboxylic acid groups (broad SMARTS) is 1. The van der Waals surface area contributed by atoms with Crippen molar-refractivity contribution >= 4 is 33.8 Å². The van der Waals surface area contributed by atoms with E-state index in [0.717, 1.165) is 21.9 Å². The molecule has 2 aromatic heterocycles. The molecule has 0 bridgehead atoms. The Labute approximate surface area is 180 Å². The Bertz CT molecular complexity index is 1180. The molecule has 0 saturated carbocycles. The number of fused-ring (bicyclic) bond motifs is 2.